The summed E-state index contributed by atoms with van der Waals surface area (Å²) in [6, 6.07) is 7.47. The predicted octanol–water partition coefficient (Wildman–Crippen LogP) is 3.39. The molecule has 0 unspecified atom stereocenters. The molecule has 0 aliphatic carbocycles. The molecule has 1 nitrogen and oxygen atoms in total. The first kappa shape index (κ1) is 18.1. The van der Waals surface area contributed by atoms with Crippen LogP contribution in [0.3, 0.4) is 0 Å². The molecule has 0 saturated heterocycles. The molecule has 0 atom stereocenters. The Bertz CT molecular complexity index is 203. The van der Waals surface area contributed by atoms with Gasteiger partial charge in [-0.15, -0.1) is 12.1 Å². The van der Waals surface area contributed by atoms with Crippen LogP contribution in [0.2, 0.25) is 0 Å². The van der Waals surface area contributed by atoms with Gasteiger partial charge in [0.25, 0.3) is 0 Å². The van der Waals surface area contributed by atoms with E-state index in [2.05, 4.69) is 0 Å². The van der Waals surface area contributed by atoms with E-state index in [4.69, 9.17) is 5.73 Å². The van der Waals surface area contributed by atoms with Crippen molar-refractivity contribution in [3.8, 4) is 0 Å². The second-order valence-electron chi connectivity index (χ2n) is 1.91. The Morgan fingerprint density at radius 2 is 1.92 bits per heavy atom. The molecule has 1 radical (unpaired) electrons. The second kappa shape index (κ2) is 9.33. The van der Waals surface area contributed by atoms with Crippen molar-refractivity contribution in [1.29, 1.82) is 0 Å². The molecule has 0 aromatic heterocycles. The summed E-state index contributed by atoms with van der Waals surface area (Å²) >= 11 is 0. The molecule has 0 saturated carbocycles. The smallest absolute Gasteiger partial charge is 0.709 e. The number of nitrogens with one attached hydrogen (secondary N) is 1. The second-order valence-corrected chi connectivity index (χ2v) is 1.91. The Morgan fingerprint density at radius 3 is 2.25 bits per heavy atom. The van der Waals surface area contributed by atoms with Gasteiger partial charge in [0.15, 0.2) is 0 Å². The largest absolute Gasteiger partial charge is 2.00 e. The van der Waals surface area contributed by atoms with E-state index in [1.165, 1.54) is 0 Å². The van der Waals surface area contributed by atoms with Crippen LogP contribution in [-0.4, -0.2) is 0 Å². The molecule has 0 aliphatic rings. The molecule has 0 aliphatic heterocycles. The van der Waals surface area contributed by atoms with Crippen molar-refractivity contribution in [2.24, 2.45) is 0 Å². The van der Waals surface area contributed by atoms with Crippen molar-refractivity contribution < 1.29 is 41.5 Å². The number of rotatable bonds is 1. The number of hydrogen-bond donors (Lipinski definition) is 0. The summed E-state index contributed by atoms with van der Waals surface area (Å²) in [4.78, 5) is 0. The molecule has 0 heterocycles. The van der Waals surface area contributed by atoms with Crippen LogP contribution in [-0.2, 0) is 41.5 Å². The van der Waals surface area contributed by atoms with Crippen LogP contribution in [0, 0.1) is 13.8 Å². The molecule has 0 amide bonds. The zero-order chi connectivity index (χ0) is 6.69. The molecule has 1 N–H and O–H groups in total. The SMILES string of the molecule is C[CH-]c1cccc([NH-])c1.[CH3-].[Re].[W+2]. The molecule has 67 valence electrons. The summed E-state index contributed by atoms with van der Waals surface area (Å²) in [6.07, 6.45) is 1.98. The van der Waals surface area contributed by atoms with Crippen molar-refractivity contribution in [3.05, 3.63) is 49.4 Å². The molecule has 3 heteroatoms. The third-order valence-electron chi connectivity index (χ3n) is 1.22. The summed E-state index contributed by atoms with van der Waals surface area (Å²) in [5.41, 5.74) is 8.91. The molecular weight excluding hydrogens is 492 g/mol. The third kappa shape index (κ3) is 5.84. The molecule has 0 bridgehead atoms. The molecule has 1 aromatic rings. The minimum Gasteiger partial charge on any atom is -0.709 e. The standard InChI is InChI=1S/C8H9N.CH3.Re.W/c1-2-7-4-3-5-8(9)6-7;;;/h2-6,9H,1H3;1H3;;/q-2;-1;;+2. The van der Waals surface area contributed by atoms with Gasteiger partial charge in [-0.1, -0.05) is 6.92 Å². The average Bonchev–Trinajstić information content (AvgIpc) is 1.88. The van der Waals surface area contributed by atoms with Gasteiger partial charge in [0.05, 0.1) is 0 Å². The van der Waals surface area contributed by atoms with Gasteiger partial charge in [0.1, 0.15) is 0 Å². The fraction of sp³-hybridized carbons (Fsp3) is 0.111. The van der Waals surface area contributed by atoms with Gasteiger partial charge < -0.3 is 13.2 Å². The summed E-state index contributed by atoms with van der Waals surface area (Å²) in [6.45, 7) is 1.97. The minimum atomic E-state index is 0. The Labute approximate surface area is 103 Å². The third-order valence-corrected chi connectivity index (χ3v) is 1.22. The Hall–Kier alpha value is 0.241. The molecule has 0 fully saturated rings. The first-order valence-electron chi connectivity index (χ1n) is 2.94. The van der Waals surface area contributed by atoms with E-state index in [0.29, 0.717) is 5.69 Å². The van der Waals surface area contributed by atoms with Gasteiger partial charge in [0.2, 0.25) is 0 Å². The van der Waals surface area contributed by atoms with Crippen LogP contribution in [0.4, 0.5) is 5.69 Å². The van der Waals surface area contributed by atoms with Crippen LogP contribution in [0.25, 0.3) is 5.73 Å². The fourth-order valence-electron chi connectivity index (χ4n) is 0.718. The van der Waals surface area contributed by atoms with Gasteiger partial charge in [0, 0.05) is 20.4 Å². The Balaban J connectivity index is -0.000000270. The van der Waals surface area contributed by atoms with E-state index in [9.17, 15) is 0 Å². The fourth-order valence-corrected chi connectivity index (χ4v) is 0.718. The quantitative estimate of drug-likeness (QED) is 0.524. The first-order valence-corrected chi connectivity index (χ1v) is 2.94. The summed E-state index contributed by atoms with van der Waals surface area (Å²) in [7, 11) is 0. The molecule has 1 rings (SSSR count). The number of benzene rings is 1. The van der Waals surface area contributed by atoms with Crippen LogP contribution in [0.1, 0.15) is 12.5 Å². The van der Waals surface area contributed by atoms with Crippen LogP contribution < -0.4 is 0 Å². The van der Waals surface area contributed by atoms with Gasteiger partial charge in [-0.25, -0.2) is 5.69 Å². The zero-order valence-corrected chi connectivity index (χ0v) is 12.8. The van der Waals surface area contributed by atoms with Gasteiger partial charge in [-0.05, 0) is 0 Å². The van der Waals surface area contributed by atoms with E-state index in [1.807, 2.05) is 31.5 Å². The van der Waals surface area contributed by atoms with Gasteiger partial charge in [-0.3, -0.25) is 0 Å². The minimum absolute atomic E-state index is 0. The van der Waals surface area contributed by atoms with Crippen LogP contribution in [0.15, 0.2) is 24.3 Å². The topological polar surface area (TPSA) is 23.8 Å². The van der Waals surface area contributed by atoms with Crippen molar-refractivity contribution in [2.45, 2.75) is 6.92 Å². The Morgan fingerprint density at radius 1 is 1.33 bits per heavy atom. The maximum absolute atomic E-state index is 7.22. The summed E-state index contributed by atoms with van der Waals surface area (Å²) < 4.78 is 0. The normalized spacial score (nSPS) is 6.75. The van der Waals surface area contributed by atoms with Crippen molar-refractivity contribution in [3.63, 3.8) is 0 Å². The maximum atomic E-state index is 7.22. The van der Waals surface area contributed by atoms with E-state index in [-0.39, 0.29) is 48.9 Å². The van der Waals surface area contributed by atoms with E-state index in [1.54, 1.807) is 6.07 Å². The van der Waals surface area contributed by atoms with Crippen molar-refractivity contribution in [2.75, 3.05) is 0 Å². The van der Waals surface area contributed by atoms with E-state index >= 15 is 0 Å². The molecule has 1 aromatic carbocycles. The Kier molecular flexibility index (Phi) is 14.1. The average molecular weight is 504 g/mol. The van der Waals surface area contributed by atoms with Gasteiger partial charge >= 0.3 is 21.1 Å². The van der Waals surface area contributed by atoms with Crippen molar-refractivity contribution in [1.82, 2.24) is 0 Å². The zero-order valence-electron chi connectivity index (χ0n) is 7.17. The van der Waals surface area contributed by atoms with E-state index in [0.717, 1.165) is 5.56 Å². The predicted molar refractivity (Wildman–Crippen MR) is 45.9 cm³/mol. The summed E-state index contributed by atoms with van der Waals surface area (Å²) in [5.74, 6) is 0. The van der Waals surface area contributed by atoms with Gasteiger partial charge in [-0.2, -0.15) is 24.1 Å². The van der Waals surface area contributed by atoms with Crippen LogP contribution in [0.5, 0.6) is 0 Å². The monoisotopic (exact) mass is 505 g/mol. The molecule has 12 heavy (non-hydrogen) atoms. The molecule has 0 spiro atoms. The maximum Gasteiger partial charge on any atom is 2.00 e. The first-order chi connectivity index (χ1) is 4.33. The van der Waals surface area contributed by atoms with Crippen LogP contribution >= 0.6 is 0 Å². The molecular formula is C9H12NReW-. The van der Waals surface area contributed by atoms with Crippen molar-refractivity contribution >= 4 is 5.69 Å². The number of hydrogen-bond acceptors (Lipinski definition) is 0. The summed E-state index contributed by atoms with van der Waals surface area (Å²) in [5, 5.41) is 0. The van der Waals surface area contributed by atoms with E-state index < -0.39 is 0 Å².